The first-order chi connectivity index (χ1) is 10.1. The summed E-state index contributed by atoms with van der Waals surface area (Å²) in [7, 11) is 1.22. The molecular formula is C13H11N3O4S. The second-order valence-corrected chi connectivity index (χ2v) is 4.83. The van der Waals surface area contributed by atoms with Gasteiger partial charge in [-0.05, 0) is 23.9 Å². The molecule has 0 atom stereocenters. The summed E-state index contributed by atoms with van der Waals surface area (Å²) in [6, 6.07) is 6.63. The Morgan fingerprint density at radius 2 is 2.19 bits per heavy atom. The predicted octanol–water partition coefficient (Wildman–Crippen LogP) is 1.00. The number of aromatic hydroxyl groups is 1. The fourth-order valence-electron chi connectivity index (χ4n) is 1.38. The topological polar surface area (TPSA) is 100 Å². The third kappa shape index (κ3) is 3.93. The van der Waals surface area contributed by atoms with Crippen LogP contribution in [0.5, 0.6) is 5.75 Å². The van der Waals surface area contributed by atoms with E-state index in [4.69, 9.17) is 0 Å². The standard InChI is InChI=1S/C13H11N3O4S/c1-20-11(18)6-10-12(19)15-13(21-10)16-14-7-8-4-2-3-5-9(8)17/h2-7,17H,1H3,(H,15,16,19)/b10-6+,14-7-. The van der Waals surface area contributed by atoms with Gasteiger partial charge in [-0.15, -0.1) is 5.10 Å². The maximum Gasteiger partial charge on any atom is 0.331 e. The van der Waals surface area contributed by atoms with Crippen LogP contribution in [0, 0.1) is 0 Å². The van der Waals surface area contributed by atoms with Crippen molar-refractivity contribution in [3.05, 3.63) is 40.8 Å². The molecule has 0 radical (unpaired) electrons. The number of thioether (sulfide) groups is 1. The summed E-state index contributed by atoms with van der Waals surface area (Å²) in [4.78, 5) is 22.8. The van der Waals surface area contributed by atoms with Crippen LogP contribution in [-0.2, 0) is 14.3 Å². The summed E-state index contributed by atoms with van der Waals surface area (Å²) < 4.78 is 4.44. The van der Waals surface area contributed by atoms with Gasteiger partial charge >= 0.3 is 5.97 Å². The van der Waals surface area contributed by atoms with Crippen molar-refractivity contribution in [3.63, 3.8) is 0 Å². The number of para-hydroxylation sites is 1. The first-order valence-electron chi connectivity index (χ1n) is 5.78. The molecule has 0 aliphatic carbocycles. The molecule has 2 N–H and O–H groups in total. The molecule has 1 heterocycles. The highest BCUT2D eigenvalue weighted by molar-refractivity contribution is 8.18. The number of nitrogens with zero attached hydrogens (tertiary/aromatic N) is 2. The number of nitrogens with one attached hydrogen (secondary N) is 1. The largest absolute Gasteiger partial charge is 0.507 e. The molecule has 1 aromatic rings. The van der Waals surface area contributed by atoms with Gasteiger partial charge in [-0.3, -0.25) is 10.1 Å². The normalized spacial score (nSPS) is 18.4. The highest BCUT2D eigenvalue weighted by atomic mass is 32.2. The number of ether oxygens (including phenoxy) is 1. The number of benzene rings is 1. The van der Waals surface area contributed by atoms with Crippen molar-refractivity contribution in [2.75, 3.05) is 7.11 Å². The molecule has 8 heteroatoms. The van der Waals surface area contributed by atoms with Crippen LogP contribution in [0.25, 0.3) is 0 Å². The monoisotopic (exact) mass is 305 g/mol. The van der Waals surface area contributed by atoms with E-state index in [1.807, 2.05) is 0 Å². The van der Waals surface area contributed by atoms with Gasteiger partial charge in [0.05, 0.1) is 18.2 Å². The van der Waals surface area contributed by atoms with Crippen molar-refractivity contribution in [3.8, 4) is 5.75 Å². The number of phenolic OH excluding ortho intramolecular Hbond substituents is 1. The number of esters is 1. The van der Waals surface area contributed by atoms with E-state index in [2.05, 4.69) is 20.3 Å². The Balaban J connectivity index is 2.07. The molecule has 0 spiro atoms. The van der Waals surface area contributed by atoms with Gasteiger partial charge in [-0.25, -0.2) is 4.79 Å². The lowest BCUT2D eigenvalue weighted by molar-refractivity contribution is -0.135. The summed E-state index contributed by atoms with van der Waals surface area (Å²) in [5, 5.41) is 19.8. The number of phenols is 1. The highest BCUT2D eigenvalue weighted by Gasteiger charge is 2.24. The van der Waals surface area contributed by atoms with Crippen LogP contribution >= 0.6 is 11.8 Å². The lowest BCUT2D eigenvalue weighted by Crippen LogP contribution is -2.19. The van der Waals surface area contributed by atoms with Crippen LogP contribution < -0.4 is 5.32 Å². The number of amidine groups is 1. The van der Waals surface area contributed by atoms with Crippen LogP contribution in [0.2, 0.25) is 0 Å². The molecular weight excluding hydrogens is 294 g/mol. The Morgan fingerprint density at radius 3 is 2.90 bits per heavy atom. The zero-order chi connectivity index (χ0) is 15.2. The van der Waals surface area contributed by atoms with Gasteiger partial charge in [-0.1, -0.05) is 12.1 Å². The van der Waals surface area contributed by atoms with Crippen LogP contribution in [-0.4, -0.2) is 35.5 Å². The van der Waals surface area contributed by atoms with Crippen molar-refractivity contribution in [1.29, 1.82) is 0 Å². The molecule has 0 bridgehead atoms. The van der Waals surface area contributed by atoms with E-state index in [1.165, 1.54) is 19.4 Å². The number of hydrogen-bond acceptors (Lipinski definition) is 7. The number of carbonyl (C=O) groups excluding carboxylic acids is 2. The SMILES string of the molecule is COC(=O)/C=C1/S/C(=N/N=C\c2ccccc2O)NC1=O. The Labute approximate surface area is 124 Å². The van der Waals surface area contributed by atoms with Gasteiger partial charge in [0.25, 0.3) is 5.91 Å². The Bertz CT molecular complexity index is 667. The van der Waals surface area contributed by atoms with E-state index in [9.17, 15) is 14.7 Å². The zero-order valence-corrected chi connectivity index (χ0v) is 11.8. The van der Waals surface area contributed by atoms with E-state index in [0.717, 1.165) is 17.8 Å². The fraction of sp³-hybridized carbons (Fsp3) is 0.0769. The minimum atomic E-state index is -0.619. The third-order valence-corrected chi connectivity index (χ3v) is 3.28. The molecule has 21 heavy (non-hydrogen) atoms. The van der Waals surface area contributed by atoms with Crippen molar-refractivity contribution in [2.45, 2.75) is 0 Å². The van der Waals surface area contributed by atoms with Crippen LogP contribution in [0.3, 0.4) is 0 Å². The summed E-state index contributed by atoms with van der Waals surface area (Å²) in [6.45, 7) is 0. The number of amides is 1. The molecule has 1 saturated heterocycles. The lowest BCUT2D eigenvalue weighted by atomic mass is 10.2. The van der Waals surface area contributed by atoms with Crippen molar-refractivity contribution in [2.24, 2.45) is 10.2 Å². The molecule has 108 valence electrons. The Kier molecular flexibility index (Phi) is 4.72. The van der Waals surface area contributed by atoms with Crippen molar-refractivity contribution < 1.29 is 19.4 Å². The molecule has 1 fully saturated rings. The smallest absolute Gasteiger partial charge is 0.331 e. The van der Waals surface area contributed by atoms with Gasteiger partial charge in [0.1, 0.15) is 5.75 Å². The molecule has 1 aliphatic rings. The van der Waals surface area contributed by atoms with E-state index >= 15 is 0 Å². The molecule has 0 aromatic heterocycles. The second kappa shape index (κ2) is 6.71. The fourth-order valence-corrected chi connectivity index (χ4v) is 2.12. The summed E-state index contributed by atoms with van der Waals surface area (Å²) in [5.74, 6) is -0.982. The van der Waals surface area contributed by atoms with E-state index in [-0.39, 0.29) is 15.8 Å². The minimum Gasteiger partial charge on any atom is -0.507 e. The van der Waals surface area contributed by atoms with Crippen LogP contribution in [0.4, 0.5) is 0 Å². The maximum atomic E-state index is 11.5. The molecule has 0 unspecified atom stereocenters. The number of methoxy groups -OCH3 is 1. The molecule has 1 amide bonds. The first kappa shape index (κ1) is 14.8. The summed E-state index contributed by atoms with van der Waals surface area (Å²) in [5.41, 5.74) is 0.501. The lowest BCUT2D eigenvalue weighted by Gasteiger charge is -1.95. The number of carbonyl (C=O) groups is 2. The van der Waals surface area contributed by atoms with Gasteiger partial charge < -0.3 is 9.84 Å². The first-order valence-corrected chi connectivity index (χ1v) is 6.59. The average Bonchev–Trinajstić information content (AvgIpc) is 2.81. The molecule has 7 nitrogen and oxygen atoms in total. The van der Waals surface area contributed by atoms with Crippen LogP contribution in [0.15, 0.2) is 45.4 Å². The van der Waals surface area contributed by atoms with Gasteiger partial charge in [0.2, 0.25) is 0 Å². The third-order valence-electron chi connectivity index (χ3n) is 2.38. The Morgan fingerprint density at radius 1 is 1.43 bits per heavy atom. The van der Waals surface area contributed by atoms with E-state index in [1.54, 1.807) is 18.2 Å². The number of hydrogen-bond donors (Lipinski definition) is 2. The molecule has 1 aliphatic heterocycles. The van der Waals surface area contributed by atoms with Crippen LogP contribution in [0.1, 0.15) is 5.56 Å². The van der Waals surface area contributed by atoms with Gasteiger partial charge in [0.15, 0.2) is 5.17 Å². The van der Waals surface area contributed by atoms with E-state index < -0.39 is 11.9 Å². The minimum absolute atomic E-state index is 0.0795. The second-order valence-electron chi connectivity index (χ2n) is 3.80. The summed E-state index contributed by atoms with van der Waals surface area (Å²) >= 11 is 0.975. The highest BCUT2D eigenvalue weighted by Crippen LogP contribution is 2.23. The van der Waals surface area contributed by atoms with Crippen molar-refractivity contribution >= 4 is 35.0 Å². The molecule has 2 rings (SSSR count). The summed E-state index contributed by atoms with van der Waals surface area (Å²) in [6.07, 6.45) is 2.44. The predicted molar refractivity (Wildman–Crippen MR) is 79.0 cm³/mol. The molecule has 0 saturated carbocycles. The Hall–Kier alpha value is -2.61. The van der Waals surface area contributed by atoms with Gasteiger partial charge in [0, 0.05) is 11.6 Å². The van der Waals surface area contributed by atoms with Crippen molar-refractivity contribution in [1.82, 2.24) is 5.32 Å². The van der Waals surface area contributed by atoms with E-state index in [0.29, 0.717) is 5.56 Å². The van der Waals surface area contributed by atoms with Gasteiger partial charge in [-0.2, -0.15) is 5.10 Å². The number of rotatable bonds is 3. The average molecular weight is 305 g/mol. The molecule has 1 aromatic carbocycles. The zero-order valence-electron chi connectivity index (χ0n) is 10.9. The quantitative estimate of drug-likeness (QED) is 0.375. The maximum absolute atomic E-state index is 11.5.